The van der Waals surface area contributed by atoms with Crippen molar-refractivity contribution in [1.82, 2.24) is 19.3 Å². The first-order valence-electron chi connectivity index (χ1n) is 7.60. The molecule has 0 saturated heterocycles. The molecule has 1 aromatic rings. The standard InChI is InChI=1S/C12H20Cl4N5O4P/c13-1-5-19(6-2-14)26(24,20(7-3-15)8-4-16)25-10-11-17-9-12(18-11)21(22)23/h9H,1-8,10H2,(H,17,18). The van der Waals surface area contributed by atoms with Gasteiger partial charge in [-0.3, -0.25) is 9.09 Å². The number of nitrogens with one attached hydrogen (secondary N) is 1. The van der Waals surface area contributed by atoms with Crippen LogP contribution in [0.2, 0.25) is 0 Å². The van der Waals surface area contributed by atoms with Crippen molar-refractivity contribution < 1.29 is 14.0 Å². The summed E-state index contributed by atoms with van der Waals surface area (Å²) in [5.41, 5.74) is 0. The fourth-order valence-corrected chi connectivity index (χ4v) is 5.80. The molecule has 0 amide bonds. The molecule has 0 unspecified atom stereocenters. The van der Waals surface area contributed by atoms with Crippen molar-refractivity contribution in [3.05, 3.63) is 22.1 Å². The first-order valence-corrected chi connectivity index (χ1v) is 11.3. The number of H-pyrrole nitrogens is 1. The van der Waals surface area contributed by atoms with Gasteiger partial charge in [0.25, 0.3) is 0 Å². The molecule has 0 aromatic carbocycles. The topological polar surface area (TPSA) is 105 Å². The van der Waals surface area contributed by atoms with Crippen LogP contribution in [0.3, 0.4) is 0 Å². The monoisotopic (exact) mass is 469 g/mol. The minimum absolute atomic E-state index is 0.172. The fourth-order valence-electron chi connectivity index (χ4n) is 2.12. The first kappa shape index (κ1) is 23.9. The highest BCUT2D eigenvalue weighted by Crippen LogP contribution is 2.54. The summed E-state index contributed by atoms with van der Waals surface area (Å²) in [7, 11) is -3.59. The van der Waals surface area contributed by atoms with E-state index in [0.29, 0.717) is 0 Å². The molecule has 1 aromatic heterocycles. The van der Waals surface area contributed by atoms with E-state index in [1.54, 1.807) is 9.34 Å². The van der Waals surface area contributed by atoms with E-state index in [-0.39, 0.29) is 67.9 Å². The van der Waals surface area contributed by atoms with Gasteiger partial charge in [0.1, 0.15) is 12.8 Å². The Hall–Kier alpha value is -0.120. The maximum Gasteiger partial charge on any atom is 0.346 e. The summed E-state index contributed by atoms with van der Waals surface area (Å²) < 4.78 is 22.5. The molecule has 0 radical (unpaired) electrons. The molecule has 0 bridgehead atoms. The van der Waals surface area contributed by atoms with E-state index in [1.165, 1.54) is 0 Å². The summed E-state index contributed by atoms with van der Waals surface area (Å²) in [4.78, 5) is 16.5. The third-order valence-corrected chi connectivity index (χ3v) is 6.64. The van der Waals surface area contributed by atoms with E-state index >= 15 is 0 Å². The molecule has 0 aliphatic heterocycles. The molecule has 26 heavy (non-hydrogen) atoms. The summed E-state index contributed by atoms with van der Waals surface area (Å²) in [5.74, 6) is 0.747. The largest absolute Gasteiger partial charge is 0.358 e. The number of hydrogen-bond donors (Lipinski definition) is 1. The van der Waals surface area contributed by atoms with E-state index in [2.05, 4.69) is 9.97 Å². The van der Waals surface area contributed by atoms with E-state index in [9.17, 15) is 14.7 Å². The molecule has 0 spiro atoms. The number of nitrogens with zero attached hydrogens (tertiary/aromatic N) is 4. The molecule has 0 aliphatic carbocycles. The highest BCUT2D eigenvalue weighted by atomic mass is 35.5. The highest BCUT2D eigenvalue weighted by molar-refractivity contribution is 7.54. The van der Waals surface area contributed by atoms with Crippen LogP contribution in [0.5, 0.6) is 0 Å². The van der Waals surface area contributed by atoms with Crippen molar-refractivity contribution in [3.63, 3.8) is 0 Å². The normalized spacial score (nSPS) is 12.2. The van der Waals surface area contributed by atoms with Crippen molar-refractivity contribution in [2.45, 2.75) is 6.61 Å². The Kier molecular flexibility index (Phi) is 11.4. The molecule has 0 fully saturated rings. The number of aromatic amines is 1. The van der Waals surface area contributed by atoms with Crippen LogP contribution in [0.1, 0.15) is 5.82 Å². The Labute approximate surface area is 171 Å². The predicted molar refractivity (Wildman–Crippen MR) is 104 cm³/mol. The van der Waals surface area contributed by atoms with Crippen LogP contribution >= 0.6 is 54.1 Å². The van der Waals surface area contributed by atoms with Crippen LogP contribution in [0.25, 0.3) is 0 Å². The third-order valence-electron chi connectivity index (χ3n) is 3.27. The van der Waals surface area contributed by atoms with Gasteiger partial charge in [0, 0.05) is 49.7 Å². The second kappa shape index (κ2) is 12.4. The van der Waals surface area contributed by atoms with Crippen molar-refractivity contribution in [1.29, 1.82) is 0 Å². The molecule has 150 valence electrons. The molecule has 9 nitrogen and oxygen atoms in total. The average Bonchev–Trinajstić information content (AvgIpc) is 3.09. The van der Waals surface area contributed by atoms with Gasteiger partial charge in [-0.05, 0) is 4.92 Å². The van der Waals surface area contributed by atoms with Gasteiger partial charge in [0.15, 0.2) is 0 Å². The molecule has 0 saturated carbocycles. The van der Waals surface area contributed by atoms with E-state index < -0.39 is 12.6 Å². The maximum atomic E-state index is 13.7. The molecule has 1 rings (SSSR count). The average molecular weight is 471 g/mol. The summed E-state index contributed by atoms with van der Waals surface area (Å²) >= 11 is 23.3. The number of aromatic nitrogens is 2. The molecule has 1 N–H and O–H groups in total. The lowest BCUT2D eigenvalue weighted by Gasteiger charge is -2.37. The van der Waals surface area contributed by atoms with Crippen LogP contribution in [0.4, 0.5) is 5.82 Å². The van der Waals surface area contributed by atoms with Crippen molar-refractivity contribution in [2.24, 2.45) is 0 Å². The summed E-state index contributed by atoms with van der Waals surface area (Å²) in [5, 5.41) is 10.7. The van der Waals surface area contributed by atoms with Crippen LogP contribution in [-0.2, 0) is 15.7 Å². The highest BCUT2D eigenvalue weighted by Gasteiger charge is 2.38. The van der Waals surface area contributed by atoms with Gasteiger partial charge >= 0.3 is 13.5 Å². The third kappa shape index (κ3) is 6.80. The zero-order chi connectivity index (χ0) is 19.6. The predicted octanol–water partition coefficient (Wildman–Crippen LogP) is 3.50. The molecular weight excluding hydrogens is 451 g/mol. The Balaban J connectivity index is 3.06. The van der Waals surface area contributed by atoms with Crippen LogP contribution in [0.15, 0.2) is 6.20 Å². The van der Waals surface area contributed by atoms with Crippen LogP contribution in [0, 0.1) is 10.1 Å². The Morgan fingerprint density at radius 2 is 1.54 bits per heavy atom. The molecule has 0 aliphatic rings. The van der Waals surface area contributed by atoms with Gasteiger partial charge in [0.05, 0.1) is 0 Å². The number of halogens is 4. The Bertz CT molecular complexity index is 576. The quantitative estimate of drug-likeness (QED) is 0.192. The Morgan fingerprint density at radius 1 is 1.08 bits per heavy atom. The number of nitro groups is 1. The minimum atomic E-state index is -3.59. The van der Waals surface area contributed by atoms with Gasteiger partial charge in [-0.2, -0.15) is 0 Å². The van der Waals surface area contributed by atoms with Gasteiger partial charge in [-0.1, -0.05) is 0 Å². The van der Waals surface area contributed by atoms with Crippen molar-refractivity contribution >= 4 is 59.9 Å². The van der Waals surface area contributed by atoms with Crippen LogP contribution in [-0.4, -0.2) is 73.9 Å². The minimum Gasteiger partial charge on any atom is -0.358 e. The van der Waals surface area contributed by atoms with Crippen LogP contribution < -0.4 is 0 Å². The SMILES string of the molecule is O=[N+]([O-])c1cnc(COP(=O)(N(CCCl)CCCl)N(CCCl)CCCl)[nH]1. The zero-order valence-corrected chi connectivity index (χ0v) is 17.7. The lowest BCUT2D eigenvalue weighted by atomic mass is 10.6. The lowest BCUT2D eigenvalue weighted by Crippen LogP contribution is -2.37. The van der Waals surface area contributed by atoms with Crippen molar-refractivity contribution in [2.75, 3.05) is 49.7 Å². The molecule has 0 atom stereocenters. The van der Waals surface area contributed by atoms with Gasteiger partial charge in [-0.25, -0.2) is 19.3 Å². The van der Waals surface area contributed by atoms with Gasteiger partial charge < -0.3 is 10.1 Å². The Morgan fingerprint density at radius 3 is 1.88 bits per heavy atom. The maximum absolute atomic E-state index is 13.7. The smallest absolute Gasteiger partial charge is 0.346 e. The van der Waals surface area contributed by atoms with E-state index in [4.69, 9.17) is 50.9 Å². The zero-order valence-electron chi connectivity index (χ0n) is 13.8. The fraction of sp³-hybridized carbons (Fsp3) is 0.750. The summed E-state index contributed by atoms with van der Waals surface area (Å²) in [6.07, 6.45) is 1.06. The van der Waals surface area contributed by atoms with Crippen molar-refractivity contribution in [3.8, 4) is 0 Å². The summed E-state index contributed by atoms with van der Waals surface area (Å²) in [6, 6.07) is 0. The van der Waals surface area contributed by atoms with Gasteiger partial charge in [0.2, 0.25) is 5.82 Å². The molecule has 1 heterocycles. The van der Waals surface area contributed by atoms with E-state index in [1.807, 2.05) is 0 Å². The first-order chi connectivity index (χ1) is 12.4. The number of rotatable bonds is 14. The second-order valence-electron chi connectivity index (χ2n) is 4.90. The second-order valence-corrected chi connectivity index (χ2v) is 8.78. The molecular formula is C12H20Cl4N5O4P. The lowest BCUT2D eigenvalue weighted by molar-refractivity contribution is -0.389. The molecule has 14 heteroatoms. The van der Waals surface area contributed by atoms with Gasteiger partial charge in [-0.15, -0.1) is 46.4 Å². The number of hydrogen-bond acceptors (Lipinski definition) is 5. The van der Waals surface area contributed by atoms with E-state index in [0.717, 1.165) is 6.20 Å². The number of alkyl halides is 4. The number of imidazole rings is 1. The summed E-state index contributed by atoms with van der Waals surface area (Å²) in [6.45, 7) is 0.846.